The van der Waals surface area contributed by atoms with E-state index in [0.717, 1.165) is 28.8 Å². The van der Waals surface area contributed by atoms with Crippen LogP contribution in [0.2, 0.25) is 0 Å². The summed E-state index contributed by atoms with van der Waals surface area (Å²) in [6.45, 7) is 0. The highest BCUT2D eigenvalue weighted by atomic mass is 32.1. The fourth-order valence-electron chi connectivity index (χ4n) is 13.0. The Bertz CT molecular complexity index is 3270. The van der Waals surface area contributed by atoms with Crippen LogP contribution in [-0.4, -0.2) is 16.1 Å². The number of nitrogens with zero attached hydrogens (tertiary/aromatic N) is 2. The summed E-state index contributed by atoms with van der Waals surface area (Å²) in [5.74, 6) is 1.40. The van der Waals surface area contributed by atoms with Gasteiger partial charge in [-0.3, -0.25) is 0 Å². The van der Waals surface area contributed by atoms with Gasteiger partial charge in [-0.1, -0.05) is 142 Å². The van der Waals surface area contributed by atoms with Crippen LogP contribution in [-0.2, 0) is 10.8 Å². The lowest BCUT2D eigenvalue weighted by Gasteiger charge is -2.37. The molecule has 2 spiro atoms. The lowest BCUT2D eigenvalue weighted by atomic mass is 9.66. The predicted molar refractivity (Wildman–Crippen MR) is 256 cm³/mol. The normalized spacial score (nSPS) is 19.5. The summed E-state index contributed by atoms with van der Waals surface area (Å²) in [5.41, 5.74) is 20.4. The Morgan fingerprint density at radius 1 is 0.532 bits per heavy atom. The van der Waals surface area contributed by atoms with Gasteiger partial charge in [0.25, 0.3) is 0 Å². The second-order valence-electron chi connectivity index (χ2n) is 18.9. The van der Waals surface area contributed by atoms with Gasteiger partial charge in [0.2, 0.25) is 5.88 Å². The van der Waals surface area contributed by atoms with Crippen molar-refractivity contribution in [3.05, 3.63) is 167 Å². The van der Waals surface area contributed by atoms with Crippen LogP contribution in [0.1, 0.15) is 98.4 Å². The highest BCUT2D eigenvalue weighted by Crippen LogP contribution is 2.62. The summed E-state index contributed by atoms with van der Waals surface area (Å²) in [5, 5.41) is 2.53. The van der Waals surface area contributed by atoms with Gasteiger partial charge in [0.05, 0.1) is 11.3 Å². The van der Waals surface area contributed by atoms with E-state index in [1.165, 1.54) is 123 Å². The Hall–Kier alpha value is -6.10. The van der Waals surface area contributed by atoms with E-state index in [1.807, 2.05) is 11.3 Å². The molecule has 4 heteroatoms. The van der Waals surface area contributed by atoms with E-state index in [0.29, 0.717) is 11.7 Å². The minimum atomic E-state index is -0.0204. The van der Waals surface area contributed by atoms with Crippen molar-refractivity contribution in [1.82, 2.24) is 9.97 Å². The predicted octanol–water partition coefficient (Wildman–Crippen LogP) is 15.4. The number of rotatable bonds is 3. The number of benzene rings is 6. The van der Waals surface area contributed by atoms with Crippen molar-refractivity contribution in [2.45, 2.75) is 87.6 Å². The van der Waals surface area contributed by atoms with Gasteiger partial charge in [-0.05, 0) is 118 Å². The first-order chi connectivity index (χ1) is 30.7. The van der Waals surface area contributed by atoms with Crippen LogP contribution in [0, 0.1) is 0 Å². The largest absolute Gasteiger partial charge is 0.469 e. The molecule has 1 aliphatic heterocycles. The molecule has 0 N–H and O–H groups in total. The Morgan fingerprint density at radius 3 is 2.02 bits per heavy atom. The molecule has 3 nitrogen and oxygen atoms in total. The molecule has 8 aromatic rings. The zero-order valence-electron chi connectivity index (χ0n) is 34.8. The first-order valence-corrected chi connectivity index (χ1v) is 23.9. The molecule has 3 heterocycles. The van der Waals surface area contributed by atoms with Gasteiger partial charge in [0.15, 0.2) is 5.82 Å². The van der Waals surface area contributed by atoms with Crippen molar-refractivity contribution in [3.63, 3.8) is 0 Å². The Kier molecular flexibility index (Phi) is 7.56. The first-order valence-electron chi connectivity index (χ1n) is 23.1. The summed E-state index contributed by atoms with van der Waals surface area (Å²) in [4.78, 5) is 10.5. The summed E-state index contributed by atoms with van der Waals surface area (Å²) in [7, 11) is 0. The highest BCUT2D eigenvalue weighted by molar-refractivity contribution is 7.26. The zero-order chi connectivity index (χ0) is 40.6. The van der Waals surface area contributed by atoms with E-state index in [4.69, 9.17) is 14.7 Å². The number of fused-ring (bicyclic) bond motifs is 16. The SMILES string of the molecule is C1=CCC2Oc3nc(-c4cccc5c4sc4ccc(-c6ccc7c(c6)-c6cc8c(cc6C76CCCCC6)-c6ccccc6C86CCCCC6)cc45)nc(-c4ccccc4)c3C2=C1. The van der Waals surface area contributed by atoms with Crippen LogP contribution in [0.4, 0.5) is 0 Å². The van der Waals surface area contributed by atoms with E-state index in [9.17, 15) is 0 Å². The van der Waals surface area contributed by atoms with Crippen LogP contribution in [0.5, 0.6) is 5.88 Å². The summed E-state index contributed by atoms with van der Waals surface area (Å²) < 4.78 is 9.05. The number of hydrogen-bond acceptors (Lipinski definition) is 4. The molecule has 14 rings (SSSR count). The van der Waals surface area contributed by atoms with Crippen molar-refractivity contribution in [3.8, 4) is 61.9 Å². The van der Waals surface area contributed by atoms with E-state index in [2.05, 4.69) is 140 Å². The van der Waals surface area contributed by atoms with Crippen LogP contribution < -0.4 is 4.74 Å². The molecular weight excluding hydrogens is 773 g/mol. The van der Waals surface area contributed by atoms with E-state index in [1.54, 1.807) is 22.3 Å². The van der Waals surface area contributed by atoms with Crippen molar-refractivity contribution in [2.75, 3.05) is 0 Å². The van der Waals surface area contributed by atoms with Crippen LogP contribution in [0.15, 0.2) is 140 Å². The van der Waals surface area contributed by atoms with Crippen LogP contribution in [0.3, 0.4) is 0 Å². The quantitative estimate of drug-likeness (QED) is 0.178. The molecule has 300 valence electrons. The standard InChI is InChI=1S/C58H46N2OS/c1-4-15-35(16-5-1)53-52-40-18-7-9-22-50(40)61-56(52)60-55(59-53)41-20-14-19-39-45-32-37(24-26-51(45)62-54(39)41)36-23-25-47-42(31-36)44-34-48-43(33-49(44)58(47)29-12-3-13-30-58)38-17-6-8-21-46(38)57(48)27-10-2-11-28-57/h1,4-9,14-21,23-26,31-34,50H,2-3,10-13,22,27-30H2. The molecule has 0 saturated heterocycles. The zero-order valence-corrected chi connectivity index (χ0v) is 35.7. The van der Waals surface area contributed by atoms with Gasteiger partial charge < -0.3 is 4.74 Å². The number of aromatic nitrogens is 2. The van der Waals surface area contributed by atoms with Gasteiger partial charge in [-0.2, -0.15) is 4.98 Å². The molecule has 0 radical (unpaired) electrons. The maximum absolute atomic E-state index is 6.56. The Morgan fingerprint density at radius 2 is 1.21 bits per heavy atom. The first kappa shape index (κ1) is 35.5. The van der Waals surface area contributed by atoms with Crippen molar-refractivity contribution < 1.29 is 4.74 Å². The minimum absolute atomic E-state index is 0.0204. The molecule has 6 aliphatic rings. The Labute approximate surface area is 366 Å². The van der Waals surface area contributed by atoms with Gasteiger partial charge in [-0.15, -0.1) is 11.3 Å². The van der Waals surface area contributed by atoms with E-state index >= 15 is 0 Å². The monoisotopic (exact) mass is 818 g/mol. The van der Waals surface area contributed by atoms with E-state index in [-0.39, 0.29) is 16.9 Å². The maximum Gasteiger partial charge on any atom is 0.226 e. The second-order valence-corrected chi connectivity index (χ2v) is 19.9. The average Bonchev–Trinajstić information content (AvgIpc) is 4.05. The van der Waals surface area contributed by atoms with Crippen molar-refractivity contribution in [2.24, 2.45) is 0 Å². The molecule has 0 amide bonds. The summed E-state index contributed by atoms with van der Waals surface area (Å²) in [6.07, 6.45) is 20.3. The molecule has 1 atom stereocenters. The fraction of sp³-hybridized carbons (Fsp3) is 0.241. The van der Waals surface area contributed by atoms with Crippen LogP contribution >= 0.6 is 11.3 Å². The number of hydrogen-bond donors (Lipinski definition) is 0. The molecule has 1 unspecified atom stereocenters. The third-order valence-corrected chi connectivity index (χ3v) is 17.0. The number of ether oxygens (including phenoxy) is 1. The molecule has 2 aromatic heterocycles. The lowest BCUT2D eigenvalue weighted by Crippen LogP contribution is -2.29. The fourth-order valence-corrected chi connectivity index (χ4v) is 14.2. The number of allylic oxidation sites excluding steroid dienone is 2. The third kappa shape index (κ3) is 4.87. The smallest absolute Gasteiger partial charge is 0.226 e. The van der Waals surface area contributed by atoms with Gasteiger partial charge in [0.1, 0.15) is 6.10 Å². The molecule has 2 saturated carbocycles. The summed E-state index contributed by atoms with van der Waals surface area (Å²) >= 11 is 1.84. The maximum atomic E-state index is 6.56. The lowest BCUT2D eigenvalue weighted by molar-refractivity contribution is 0.269. The van der Waals surface area contributed by atoms with Crippen LogP contribution in [0.25, 0.3) is 81.8 Å². The van der Waals surface area contributed by atoms with Crippen molar-refractivity contribution >= 4 is 37.1 Å². The second kappa shape index (κ2) is 13.2. The van der Waals surface area contributed by atoms with Gasteiger partial charge in [0, 0.05) is 54.1 Å². The average molecular weight is 819 g/mol. The topological polar surface area (TPSA) is 35.0 Å². The molecule has 2 fully saturated rings. The van der Waals surface area contributed by atoms with Crippen molar-refractivity contribution in [1.29, 1.82) is 0 Å². The number of thiophene rings is 1. The van der Waals surface area contributed by atoms with Gasteiger partial charge in [-0.25, -0.2) is 4.98 Å². The molecule has 62 heavy (non-hydrogen) atoms. The highest BCUT2D eigenvalue weighted by Gasteiger charge is 2.49. The molecular formula is C58H46N2OS. The Balaban J connectivity index is 0.903. The molecule has 0 bridgehead atoms. The minimum Gasteiger partial charge on any atom is -0.469 e. The third-order valence-electron chi connectivity index (χ3n) is 15.8. The van der Waals surface area contributed by atoms with Gasteiger partial charge >= 0.3 is 0 Å². The van der Waals surface area contributed by atoms with E-state index < -0.39 is 0 Å². The summed E-state index contributed by atoms with van der Waals surface area (Å²) in [6, 6.07) is 46.6. The molecule has 5 aliphatic carbocycles. The molecule has 6 aromatic carbocycles.